The van der Waals surface area contributed by atoms with E-state index in [1.165, 1.54) is 17.4 Å². The molecule has 1 heterocycles. The number of anilines is 1. The van der Waals surface area contributed by atoms with E-state index in [-0.39, 0.29) is 11.1 Å². The second-order valence-electron chi connectivity index (χ2n) is 7.31. The number of halogens is 2. The minimum absolute atomic E-state index is 0.0438. The monoisotopic (exact) mass is 386 g/mol. The summed E-state index contributed by atoms with van der Waals surface area (Å²) in [6.45, 7) is 7.79. The summed E-state index contributed by atoms with van der Waals surface area (Å²) in [6, 6.07) is 10.8. The van der Waals surface area contributed by atoms with E-state index in [2.05, 4.69) is 10.3 Å². The quantitative estimate of drug-likeness (QED) is 0.605. The van der Waals surface area contributed by atoms with E-state index < -0.39 is 17.5 Å². The Hall–Kier alpha value is -2.60. The summed E-state index contributed by atoms with van der Waals surface area (Å²) >= 11 is 1.28. The van der Waals surface area contributed by atoms with Crippen molar-refractivity contribution in [1.82, 2.24) is 4.98 Å². The van der Waals surface area contributed by atoms with Gasteiger partial charge >= 0.3 is 0 Å². The number of benzene rings is 2. The largest absolute Gasteiger partial charge is 0.318 e. The van der Waals surface area contributed by atoms with Crippen molar-refractivity contribution < 1.29 is 13.6 Å². The van der Waals surface area contributed by atoms with E-state index in [0.29, 0.717) is 21.7 Å². The molecule has 0 atom stereocenters. The van der Waals surface area contributed by atoms with Crippen LogP contribution in [-0.2, 0) is 5.41 Å². The van der Waals surface area contributed by atoms with Crippen molar-refractivity contribution in [2.75, 3.05) is 5.32 Å². The predicted molar refractivity (Wildman–Crippen MR) is 105 cm³/mol. The van der Waals surface area contributed by atoms with Crippen molar-refractivity contribution >= 4 is 22.9 Å². The number of carbonyl (C=O) groups excluding carboxylic acids is 1. The number of nitrogens with one attached hydrogen (secondary N) is 1. The average Bonchev–Trinajstić information content (AvgIpc) is 3.00. The Labute approximate surface area is 161 Å². The van der Waals surface area contributed by atoms with Crippen LogP contribution in [0.15, 0.2) is 42.5 Å². The molecule has 2 aromatic carbocycles. The normalized spacial score (nSPS) is 11.5. The number of aromatic nitrogens is 1. The number of carbonyl (C=O) groups is 1. The van der Waals surface area contributed by atoms with Gasteiger partial charge in [0.1, 0.15) is 16.5 Å². The molecule has 1 N–H and O–H groups in total. The van der Waals surface area contributed by atoms with Crippen molar-refractivity contribution in [3.8, 4) is 11.1 Å². The first kappa shape index (κ1) is 19.2. The summed E-state index contributed by atoms with van der Waals surface area (Å²) in [6.07, 6.45) is 0. The summed E-state index contributed by atoms with van der Waals surface area (Å²) in [5.74, 6) is -1.98. The number of hydrogen-bond acceptors (Lipinski definition) is 3. The fourth-order valence-electron chi connectivity index (χ4n) is 2.64. The van der Waals surface area contributed by atoms with Crippen LogP contribution >= 0.6 is 11.3 Å². The van der Waals surface area contributed by atoms with Gasteiger partial charge in [-0.25, -0.2) is 13.8 Å². The van der Waals surface area contributed by atoms with Gasteiger partial charge in [0.25, 0.3) is 5.91 Å². The first-order chi connectivity index (χ1) is 12.7. The molecular formula is C21H20F2N2OS. The molecule has 0 saturated heterocycles. The lowest BCUT2D eigenvalue weighted by Gasteiger charge is -2.14. The molecule has 0 spiro atoms. The van der Waals surface area contributed by atoms with Crippen LogP contribution in [-0.4, -0.2) is 10.9 Å². The zero-order valence-corrected chi connectivity index (χ0v) is 16.4. The van der Waals surface area contributed by atoms with Gasteiger partial charge in [-0.3, -0.25) is 4.79 Å². The molecule has 0 saturated carbocycles. The highest BCUT2D eigenvalue weighted by atomic mass is 32.1. The number of amides is 1. The van der Waals surface area contributed by atoms with Crippen LogP contribution in [0.2, 0.25) is 0 Å². The topological polar surface area (TPSA) is 42.0 Å². The second kappa shape index (κ2) is 7.19. The second-order valence-corrected chi connectivity index (χ2v) is 8.31. The van der Waals surface area contributed by atoms with Crippen molar-refractivity contribution in [1.29, 1.82) is 0 Å². The Morgan fingerprint density at radius 1 is 1.11 bits per heavy atom. The first-order valence-corrected chi connectivity index (χ1v) is 9.32. The van der Waals surface area contributed by atoms with E-state index in [1.54, 1.807) is 31.2 Å². The van der Waals surface area contributed by atoms with E-state index >= 15 is 0 Å². The molecule has 0 fully saturated rings. The molecule has 3 aromatic rings. The maximum absolute atomic E-state index is 14.5. The van der Waals surface area contributed by atoms with Crippen LogP contribution in [0.25, 0.3) is 11.1 Å². The van der Waals surface area contributed by atoms with Gasteiger partial charge in [0, 0.05) is 17.0 Å². The van der Waals surface area contributed by atoms with E-state index in [1.807, 2.05) is 26.8 Å². The van der Waals surface area contributed by atoms with Crippen molar-refractivity contribution in [2.45, 2.75) is 33.1 Å². The number of thiazole rings is 1. The number of hydrogen-bond donors (Lipinski definition) is 1. The molecule has 0 aliphatic rings. The van der Waals surface area contributed by atoms with Crippen LogP contribution < -0.4 is 5.32 Å². The fourth-order valence-corrected chi connectivity index (χ4v) is 3.66. The summed E-state index contributed by atoms with van der Waals surface area (Å²) < 4.78 is 28.3. The minimum Gasteiger partial charge on any atom is -0.318 e. The van der Waals surface area contributed by atoms with Crippen molar-refractivity contribution in [2.24, 2.45) is 0 Å². The summed E-state index contributed by atoms with van der Waals surface area (Å²) in [4.78, 5) is 17.7. The first-order valence-electron chi connectivity index (χ1n) is 8.50. The van der Waals surface area contributed by atoms with E-state index in [9.17, 15) is 13.6 Å². The van der Waals surface area contributed by atoms with Crippen molar-refractivity contribution in [3.05, 3.63) is 69.7 Å². The Morgan fingerprint density at radius 2 is 1.78 bits per heavy atom. The molecule has 0 aliphatic carbocycles. The third-order valence-corrected chi connectivity index (χ3v) is 5.60. The third kappa shape index (κ3) is 4.06. The molecule has 1 aromatic heterocycles. The van der Waals surface area contributed by atoms with Crippen LogP contribution in [0.1, 0.15) is 41.1 Å². The highest BCUT2D eigenvalue weighted by Crippen LogP contribution is 2.34. The molecule has 27 heavy (non-hydrogen) atoms. The molecule has 140 valence electrons. The van der Waals surface area contributed by atoms with Gasteiger partial charge in [0.05, 0.1) is 16.4 Å². The van der Waals surface area contributed by atoms with Gasteiger partial charge in [-0.1, -0.05) is 51.1 Å². The van der Waals surface area contributed by atoms with Crippen LogP contribution in [0.3, 0.4) is 0 Å². The lowest BCUT2D eigenvalue weighted by atomic mass is 9.98. The van der Waals surface area contributed by atoms with Crippen LogP contribution in [0.4, 0.5) is 14.5 Å². The van der Waals surface area contributed by atoms with Gasteiger partial charge in [-0.15, -0.1) is 11.3 Å². The molecule has 0 radical (unpaired) electrons. The maximum atomic E-state index is 14.5. The minimum atomic E-state index is -0.819. The molecule has 0 unspecified atom stereocenters. The smallest absolute Gasteiger partial charge is 0.267 e. The van der Waals surface area contributed by atoms with Crippen LogP contribution in [0, 0.1) is 18.6 Å². The molecule has 0 bridgehead atoms. The molecule has 1 amide bonds. The lowest BCUT2D eigenvalue weighted by Crippen LogP contribution is -2.14. The Balaban J connectivity index is 2.01. The van der Waals surface area contributed by atoms with Crippen molar-refractivity contribution in [3.63, 3.8) is 0 Å². The highest BCUT2D eigenvalue weighted by molar-refractivity contribution is 7.14. The fraction of sp³-hybridized carbons (Fsp3) is 0.238. The van der Waals surface area contributed by atoms with E-state index in [0.717, 1.165) is 11.1 Å². The molecule has 0 aliphatic heterocycles. The number of rotatable bonds is 3. The van der Waals surface area contributed by atoms with E-state index in [4.69, 9.17) is 0 Å². The Morgan fingerprint density at radius 3 is 2.37 bits per heavy atom. The predicted octanol–water partition coefficient (Wildman–Crippen LogP) is 5.95. The summed E-state index contributed by atoms with van der Waals surface area (Å²) in [7, 11) is 0. The average molecular weight is 386 g/mol. The van der Waals surface area contributed by atoms with Gasteiger partial charge in [-0.05, 0) is 18.6 Å². The maximum Gasteiger partial charge on any atom is 0.267 e. The number of nitrogens with zero attached hydrogens (tertiary/aromatic N) is 1. The Kier molecular flexibility index (Phi) is 5.11. The molecule has 3 rings (SSSR count). The summed E-state index contributed by atoms with van der Waals surface area (Å²) in [5, 5.41) is 3.44. The third-order valence-electron chi connectivity index (χ3n) is 4.02. The lowest BCUT2D eigenvalue weighted by molar-refractivity contribution is 0.102. The highest BCUT2D eigenvalue weighted by Gasteiger charge is 2.24. The van der Waals surface area contributed by atoms with Crippen LogP contribution in [0.5, 0.6) is 0 Å². The van der Waals surface area contributed by atoms with Gasteiger partial charge < -0.3 is 5.32 Å². The molecular weight excluding hydrogens is 366 g/mol. The molecule has 3 nitrogen and oxygen atoms in total. The Bertz CT molecular complexity index is 991. The SMILES string of the molecule is Cc1nc(C(C)(C)C)sc1C(=O)Nc1c(F)cc(F)cc1-c1ccccc1. The standard InChI is InChI=1S/C21H20F2N2OS/c1-12-18(27-20(24-12)21(2,3)4)19(26)25-17-15(10-14(22)11-16(17)23)13-8-6-5-7-9-13/h5-11H,1-4H3,(H,25,26). The zero-order valence-electron chi connectivity index (χ0n) is 15.6. The van der Waals surface area contributed by atoms with Gasteiger partial charge in [-0.2, -0.15) is 0 Å². The number of aryl methyl sites for hydroxylation is 1. The van der Waals surface area contributed by atoms with Gasteiger partial charge in [0.2, 0.25) is 0 Å². The van der Waals surface area contributed by atoms with Gasteiger partial charge in [0.15, 0.2) is 0 Å². The zero-order chi connectivity index (χ0) is 19.8. The molecule has 6 heteroatoms. The summed E-state index contributed by atoms with van der Waals surface area (Å²) in [5.41, 5.74) is 1.26.